The summed E-state index contributed by atoms with van der Waals surface area (Å²) in [6, 6.07) is 7.39. The molecule has 4 aromatic rings. The number of fused-ring (bicyclic) bond motifs is 1. The third-order valence-electron chi connectivity index (χ3n) is 8.94. The fraction of sp³-hybridized carbons (Fsp3) is 0.343. The lowest BCUT2D eigenvalue weighted by molar-refractivity contribution is -0.143. The van der Waals surface area contributed by atoms with E-state index in [0.29, 0.717) is 41.9 Å². The number of nitrogens with one attached hydrogen (secondary N) is 2. The number of imide groups is 1. The van der Waals surface area contributed by atoms with Crippen LogP contribution in [0.2, 0.25) is 0 Å². The maximum atomic E-state index is 16.2. The van der Waals surface area contributed by atoms with Gasteiger partial charge in [-0.3, -0.25) is 4.90 Å². The first-order valence-electron chi connectivity index (χ1n) is 15.7. The van der Waals surface area contributed by atoms with E-state index >= 15 is 8.78 Å². The third kappa shape index (κ3) is 7.14. The van der Waals surface area contributed by atoms with E-state index in [1.165, 1.54) is 4.68 Å². The number of carbonyl (C=O) groups excluding carboxylic acids is 2. The van der Waals surface area contributed by atoms with E-state index in [2.05, 4.69) is 4.74 Å². The molecule has 2 heterocycles. The third-order valence-corrected chi connectivity index (χ3v) is 8.94. The monoisotopic (exact) mass is 723 g/mol. The van der Waals surface area contributed by atoms with Crippen LogP contribution in [0.5, 0.6) is 0 Å². The van der Waals surface area contributed by atoms with Crippen molar-refractivity contribution in [3.63, 3.8) is 0 Å². The molecule has 0 radical (unpaired) electrons. The molecule has 0 spiro atoms. The average molecular weight is 724 g/mol. The van der Waals surface area contributed by atoms with Gasteiger partial charge in [0.05, 0.1) is 46.5 Å². The lowest BCUT2D eigenvalue weighted by Crippen LogP contribution is -2.36. The molecular weight excluding hydrogens is 690 g/mol. The molecule has 0 aliphatic carbocycles. The van der Waals surface area contributed by atoms with E-state index in [4.69, 9.17) is 5.10 Å². The number of rotatable bonds is 7. The first-order valence-corrected chi connectivity index (χ1v) is 15.7. The number of amides is 3. The number of aryl methyl sites for hydroxylation is 2. The number of alkyl halides is 6. The molecule has 1 aliphatic heterocycles. The van der Waals surface area contributed by atoms with Crippen LogP contribution in [0.1, 0.15) is 66.8 Å². The predicted octanol–water partition coefficient (Wildman–Crippen LogP) is 9.12. The summed E-state index contributed by atoms with van der Waals surface area (Å²) < 4.78 is 120. The van der Waals surface area contributed by atoms with E-state index in [1.807, 2.05) is 37.4 Å². The second kappa shape index (κ2) is 13.6. The molecule has 0 fully saturated rings. The minimum absolute atomic E-state index is 0.0797. The van der Waals surface area contributed by atoms with Gasteiger partial charge in [-0.15, -0.1) is 0 Å². The van der Waals surface area contributed by atoms with E-state index in [0.717, 1.165) is 30.4 Å². The van der Waals surface area contributed by atoms with Crippen LogP contribution in [0.3, 0.4) is 0 Å². The fourth-order valence-electron chi connectivity index (χ4n) is 6.29. The van der Waals surface area contributed by atoms with Crippen LogP contribution >= 0.6 is 0 Å². The summed E-state index contributed by atoms with van der Waals surface area (Å²) in [6.07, 6.45) is -10.2. The molecule has 51 heavy (non-hydrogen) atoms. The molecule has 5 rings (SSSR count). The van der Waals surface area contributed by atoms with Crippen LogP contribution in [0.15, 0.2) is 48.5 Å². The largest absolute Gasteiger partial charge is 0.453 e. The Balaban J connectivity index is 1.67. The summed E-state index contributed by atoms with van der Waals surface area (Å²) in [5, 5.41) is 8.70. The second-order valence-electron chi connectivity index (χ2n) is 12.4. The number of hydrogen-bond acceptors (Lipinski definition) is 5. The molecule has 3 aromatic carbocycles. The quantitative estimate of drug-likeness (QED) is 0.186. The Morgan fingerprint density at radius 1 is 0.902 bits per heavy atom. The van der Waals surface area contributed by atoms with Crippen molar-refractivity contribution in [1.29, 1.82) is 0 Å². The Morgan fingerprint density at radius 3 is 2.12 bits per heavy atom. The number of carbonyl (C=O) groups is 2. The van der Waals surface area contributed by atoms with Gasteiger partial charge in [0.2, 0.25) is 0 Å². The van der Waals surface area contributed by atoms with E-state index < -0.39 is 70.6 Å². The first kappa shape index (κ1) is 37.3. The van der Waals surface area contributed by atoms with Crippen LogP contribution in [0, 0.1) is 11.6 Å². The SMILES string of the molecule is CCc1cccc(CC)c1-n1nc2c(c1-c1cc(F)c(NC(=O)NC(=O)OC)cc1F)CN(Cc1ccc(C(F)(F)F)cc1C(F)(F)F)C2(C)C. The second-order valence-corrected chi connectivity index (χ2v) is 12.4. The minimum Gasteiger partial charge on any atom is -0.453 e. The van der Waals surface area contributed by atoms with Crippen molar-refractivity contribution in [3.05, 3.63) is 99.2 Å². The summed E-state index contributed by atoms with van der Waals surface area (Å²) in [6.45, 7) is 6.58. The van der Waals surface area contributed by atoms with Crippen molar-refractivity contribution in [1.82, 2.24) is 20.0 Å². The number of nitrogens with zero attached hydrogens (tertiary/aromatic N) is 3. The molecule has 2 N–H and O–H groups in total. The lowest BCUT2D eigenvalue weighted by Gasteiger charge is -2.33. The van der Waals surface area contributed by atoms with Gasteiger partial charge in [-0.05, 0) is 61.6 Å². The van der Waals surface area contributed by atoms with Gasteiger partial charge in [0, 0.05) is 30.3 Å². The van der Waals surface area contributed by atoms with Crippen molar-refractivity contribution >= 4 is 17.8 Å². The van der Waals surface area contributed by atoms with Gasteiger partial charge in [-0.2, -0.15) is 31.4 Å². The molecule has 1 aromatic heterocycles. The zero-order chi connectivity index (χ0) is 37.6. The molecule has 0 bridgehead atoms. The van der Waals surface area contributed by atoms with Crippen LogP contribution < -0.4 is 10.6 Å². The van der Waals surface area contributed by atoms with Gasteiger partial charge in [-0.25, -0.2) is 28.4 Å². The molecule has 3 amide bonds. The molecule has 0 saturated carbocycles. The topological polar surface area (TPSA) is 88.5 Å². The number of methoxy groups -OCH3 is 1. The van der Waals surface area contributed by atoms with Gasteiger partial charge in [0.25, 0.3) is 0 Å². The highest BCUT2D eigenvalue weighted by atomic mass is 19.4. The number of ether oxygens (including phenoxy) is 1. The zero-order valence-corrected chi connectivity index (χ0v) is 28.0. The molecule has 16 heteroatoms. The summed E-state index contributed by atoms with van der Waals surface area (Å²) in [5.74, 6) is -2.08. The van der Waals surface area contributed by atoms with Gasteiger partial charge in [0.15, 0.2) is 0 Å². The van der Waals surface area contributed by atoms with E-state index in [1.54, 1.807) is 24.1 Å². The minimum atomic E-state index is -5.10. The molecule has 272 valence electrons. The van der Waals surface area contributed by atoms with E-state index in [-0.39, 0.29) is 23.9 Å². The lowest BCUT2D eigenvalue weighted by atomic mass is 9.97. The number of alkyl carbamates (subject to hydrolysis) is 1. The fourth-order valence-corrected chi connectivity index (χ4v) is 6.29. The molecule has 0 atom stereocenters. The number of anilines is 1. The highest BCUT2D eigenvalue weighted by molar-refractivity contribution is 5.99. The highest BCUT2D eigenvalue weighted by Crippen LogP contribution is 2.47. The smallest absolute Gasteiger partial charge is 0.416 e. The Morgan fingerprint density at radius 2 is 1.55 bits per heavy atom. The van der Waals surface area contributed by atoms with Crippen LogP contribution in [0.4, 0.5) is 50.4 Å². The molecular formula is C35H33F8N5O3. The number of halogens is 8. The van der Waals surface area contributed by atoms with Crippen molar-refractivity contribution in [2.75, 3.05) is 12.4 Å². The first-order chi connectivity index (χ1) is 23.8. The summed E-state index contributed by atoms with van der Waals surface area (Å²) in [4.78, 5) is 25.1. The Bertz CT molecular complexity index is 1980. The maximum absolute atomic E-state index is 16.2. The summed E-state index contributed by atoms with van der Waals surface area (Å²) in [7, 11) is 1.00. The maximum Gasteiger partial charge on any atom is 0.416 e. The van der Waals surface area contributed by atoms with Gasteiger partial charge in [-0.1, -0.05) is 38.1 Å². The molecule has 8 nitrogen and oxygen atoms in total. The number of para-hydroxylation sites is 1. The normalized spacial score (nSPS) is 14.4. The van der Waals surface area contributed by atoms with Crippen LogP contribution in [0.25, 0.3) is 16.9 Å². The van der Waals surface area contributed by atoms with Crippen LogP contribution in [-0.2, 0) is 48.6 Å². The zero-order valence-electron chi connectivity index (χ0n) is 28.0. The predicted molar refractivity (Wildman–Crippen MR) is 171 cm³/mol. The van der Waals surface area contributed by atoms with Crippen LogP contribution in [-0.4, -0.2) is 33.9 Å². The Hall–Kier alpha value is -4.99. The molecule has 1 aliphatic rings. The Kier molecular flexibility index (Phi) is 9.95. The van der Waals surface area contributed by atoms with Crippen molar-refractivity contribution in [2.45, 2.75) is 71.5 Å². The van der Waals surface area contributed by atoms with Crippen molar-refractivity contribution < 1.29 is 49.4 Å². The number of benzene rings is 3. The Labute approximate surface area is 287 Å². The number of hydrogen-bond donors (Lipinski definition) is 2. The van der Waals surface area contributed by atoms with Gasteiger partial charge < -0.3 is 10.1 Å². The summed E-state index contributed by atoms with van der Waals surface area (Å²) in [5.41, 5.74) is -2.28. The van der Waals surface area contributed by atoms with Gasteiger partial charge >= 0.3 is 24.5 Å². The van der Waals surface area contributed by atoms with Crippen molar-refractivity contribution in [3.8, 4) is 16.9 Å². The highest BCUT2D eigenvalue weighted by Gasteiger charge is 2.45. The standard InChI is InChI=1S/C35H33F8N5O3/c1-6-18-9-8-10-19(7-2)28(18)48-29(22-14-26(37)27(15-25(22)36)44-31(49)45-32(50)51-5)23-17-47(33(3,4)30(23)46-48)16-20-11-12-21(34(38,39)40)13-24(20)35(41,42)43/h8-15H,6-7,16-17H2,1-5H3,(H2,44,45,49,50). The number of urea groups is 1. The molecule has 0 unspecified atom stereocenters. The molecule has 0 saturated heterocycles. The van der Waals surface area contributed by atoms with E-state index in [9.17, 15) is 35.9 Å². The van der Waals surface area contributed by atoms with Gasteiger partial charge in [0.1, 0.15) is 11.6 Å². The van der Waals surface area contributed by atoms with Crippen molar-refractivity contribution in [2.24, 2.45) is 0 Å². The average Bonchev–Trinajstić information content (AvgIpc) is 3.54. The summed E-state index contributed by atoms with van der Waals surface area (Å²) >= 11 is 0. The number of aromatic nitrogens is 2.